The minimum absolute atomic E-state index is 0.107. The zero-order chi connectivity index (χ0) is 75.1. The molecule has 17 nitrogen and oxygen atoms in total. The molecule has 5 atom stereocenters. The monoisotopic (exact) mass is 1490 g/mol. The summed E-state index contributed by atoms with van der Waals surface area (Å²) in [5, 5.41) is 10.6. The van der Waals surface area contributed by atoms with E-state index >= 15 is 0 Å². The highest BCUT2D eigenvalue weighted by Gasteiger charge is 2.30. The van der Waals surface area contributed by atoms with Crippen molar-refractivity contribution in [2.45, 2.75) is 452 Å². The van der Waals surface area contributed by atoms with E-state index in [1.807, 2.05) is 0 Å². The summed E-state index contributed by atoms with van der Waals surface area (Å²) < 4.78 is 68.5. The summed E-state index contributed by atoms with van der Waals surface area (Å²) in [6.45, 7) is 12.0. The maximum atomic E-state index is 13.1. The van der Waals surface area contributed by atoms with E-state index < -0.39 is 97.5 Å². The number of carbonyl (C=O) groups excluding carboxylic acids is 4. The lowest BCUT2D eigenvalue weighted by molar-refractivity contribution is -0.161. The Hall–Kier alpha value is -1.94. The fourth-order valence-electron chi connectivity index (χ4n) is 12.8. The summed E-state index contributed by atoms with van der Waals surface area (Å²) in [7, 11) is -9.91. The molecule has 0 bridgehead atoms. The van der Waals surface area contributed by atoms with Gasteiger partial charge < -0.3 is 33.8 Å². The van der Waals surface area contributed by atoms with Crippen LogP contribution in [0, 0.1) is 17.8 Å². The second-order valence-electron chi connectivity index (χ2n) is 31.3. The Morgan fingerprint density at radius 2 is 0.451 bits per heavy atom. The molecule has 0 amide bonds. The van der Waals surface area contributed by atoms with Gasteiger partial charge in [0.15, 0.2) is 12.2 Å². The molecule has 0 fully saturated rings. The molecule has 0 saturated heterocycles. The van der Waals surface area contributed by atoms with Crippen molar-refractivity contribution in [2.24, 2.45) is 17.8 Å². The quantitative estimate of drug-likeness (QED) is 0.0222. The van der Waals surface area contributed by atoms with Gasteiger partial charge in [-0.25, -0.2) is 9.13 Å². The fraction of sp³-hybridized carbons (Fsp3) is 0.952. The van der Waals surface area contributed by atoms with Gasteiger partial charge in [0.05, 0.1) is 26.4 Å². The largest absolute Gasteiger partial charge is 0.472 e. The van der Waals surface area contributed by atoms with Crippen molar-refractivity contribution in [3.05, 3.63) is 0 Å². The van der Waals surface area contributed by atoms with E-state index in [1.165, 1.54) is 238 Å². The number of hydrogen-bond donors (Lipinski definition) is 3. The minimum Gasteiger partial charge on any atom is -0.462 e. The van der Waals surface area contributed by atoms with Gasteiger partial charge >= 0.3 is 39.5 Å². The number of hydrogen-bond acceptors (Lipinski definition) is 15. The van der Waals surface area contributed by atoms with Gasteiger partial charge in [0, 0.05) is 25.7 Å². The van der Waals surface area contributed by atoms with E-state index in [-0.39, 0.29) is 25.7 Å². The van der Waals surface area contributed by atoms with Crippen LogP contribution in [0.25, 0.3) is 0 Å². The summed E-state index contributed by atoms with van der Waals surface area (Å²) in [6.07, 6.45) is 63.0. The highest BCUT2D eigenvalue weighted by Crippen LogP contribution is 2.45. The molecule has 0 saturated carbocycles. The highest BCUT2D eigenvalue weighted by atomic mass is 31.2. The van der Waals surface area contributed by atoms with E-state index in [4.69, 9.17) is 37.0 Å². The average Bonchev–Trinajstić information content (AvgIpc) is 0.909. The third-order valence-corrected chi connectivity index (χ3v) is 21.3. The van der Waals surface area contributed by atoms with Crippen molar-refractivity contribution < 1.29 is 80.2 Å². The van der Waals surface area contributed by atoms with Gasteiger partial charge in [-0.3, -0.25) is 37.3 Å². The number of phosphoric acid groups is 2. The van der Waals surface area contributed by atoms with Crippen molar-refractivity contribution in [1.29, 1.82) is 0 Å². The first-order valence-electron chi connectivity index (χ1n) is 42.8. The first-order chi connectivity index (χ1) is 49.2. The lowest BCUT2D eigenvalue weighted by Crippen LogP contribution is -2.30. The molecule has 0 aliphatic rings. The van der Waals surface area contributed by atoms with E-state index in [0.29, 0.717) is 25.7 Å². The molecule has 0 spiro atoms. The number of aliphatic hydroxyl groups is 1. The van der Waals surface area contributed by atoms with Crippen LogP contribution < -0.4 is 0 Å². The molecule has 2 unspecified atom stereocenters. The van der Waals surface area contributed by atoms with Crippen molar-refractivity contribution in [1.82, 2.24) is 0 Å². The predicted molar refractivity (Wildman–Crippen MR) is 418 cm³/mol. The van der Waals surface area contributed by atoms with Crippen LogP contribution in [-0.4, -0.2) is 96.7 Å². The Kier molecular flexibility index (Phi) is 71.8. The number of phosphoric ester groups is 2. The minimum atomic E-state index is -4.96. The molecule has 0 aromatic rings. The Labute approximate surface area is 626 Å². The van der Waals surface area contributed by atoms with E-state index in [0.717, 1.165) is 114 Å². The molecule has 0 radical (unpaired) electrons. The normalized spacial score (nSPS) is 13.9. The molecule has 19 heteroatoms. The van der Waals surface area contributed by atoms with Crippen LogP contribution in [0.5, 0.6) is 0 Å². The van der Waals surface area contributed by atoms with Crippen molar-refractivity contribution in [3.63, 3.8) is 0 Å². The zero-order valence-corrected chi connectivity index (χ0v) is 68.9. The first-order valence-corrected chi connectivity index (χ1v) is 45.8. The maximum Gasteiger partial charge on any atom is 0.472 e. The molecule has 3 N–H and O–H groups in total. The number of rotatable bonds is 81. The number of aliphatic hydroxyl groups excluding tert-OH is 1. The molecule has 0 aromatic heterocycles. The summed E-state index contributed by atoms with van der Waals surface area (Å²) in [4.78, 5) is 72.8. The topological polar surface area (TPSA) is 237 Å². The van der Waals surface area contributed by atoms with Gasteiger partial charge in [-0.15, -0.1) is 0 Å². The van der Waals surface area contributed by atoms with Gasteiger partial charge in [-0.1, -0.05) is 382 Å². The third-order valence-electron chi connectivity index (χ3n) is 19.4. The first kappa shape index (κ1) is 100. The van der Waals surface area contributed by atoms with Gasteiger partial charge in [0.1, 0.15) is 19.3 Å². The van der Waals surface area contributed by atoms with Crippen LogP contribution in [0.2, 0.25) is 0 Å². The highest BCUT2D eigenvalue weighted by molar-refractivity contribution is 7.47. The molecular weight excluding hydrogens is 1330 g/mol. The predicted octanol–water partition coefficient (Wildman–Crippen LogP) is 24.9. The van der Waals surface area contributed by atoms with E-state index in [9.17, 15) is 43.2 Å². The standard InChI is InChI=1S/C83H162O17P2/c1-8-9-10-47-57-64-80(85)93-70-78(99-82(87)66-59-53-46-40-34-28-22-16-19-25-31-37-43-50-56-63-76(6)7)72-97-101(89,90)95-68-77(84)69-96-102(91,92)98-73-79(71-94-81(86)65-58-51-44-38-32-26-21-15-18-24-30-36-42-49-55-62-75(4)5)100-83(88)67-60-52-45-39-33-27-20-14-12-11-13-17-23-29-35-41-48-54-61-74(2)3/h74-79,84H,8-73H2,1-7H3,(H,89,90)(H,91,92)/t77-,78+,79+/m0/s1. The van der Waals surface area contributed by atoms with Gasteiger partial charge in [-0.05, 0) is 43.4 Å². The van der Waals surface area contributed by atoms with Crippen LogP contribution in [0.4, 0.5) is 0 Å². The van der Waals surface area contributed by atoms with Gasteiger partial charge in [-0.2, -0.15) is 0 Å². The summed E-state index contributed by atoms with van der Waals surface area (Å²) in [5.74, 6) is 0.310. The summed E-state index contributed by atoms with van der Waals surface area (Å²) in [6, 6.07) is 0. The van der Waals surface area contributed by atoms with Crippen molar-refractivity contribution in [2.75, 3.05) is 39.6 Å². The Morgan fingerprint density at radius 1 is 0.265 bits per heavy atom. The van der Waals surface area contributed by atoms with Crippen LogP contribution in [0.3, 0.4) is 0 Å². The third kappa shape index (κ3) is 76.3. The fourth-order valence-corrected chi connectivity index (χ4v) is 14.4. The molecule has 0 heterocycles. The molecule has 606 valence electrons. The number of unbranched alkanes of at least 4 members (excludes halogenated alkanes) is 49. The van der Waals surface area contributed by atoms with Crippen LogP contribution in [-0.2, 0) is 65.4 Å². The smallest absolute Gasteiger partial charge is 0.462 e. The number of ether oxygens (including phenoxy) is 4. The van der Waals surface area contributed by atoms with Crippen molar-refractivity contribution >= 4 is 39.5 Å². The second kappa shape index (κ2) is 73.2. The lowest BCUT2D eigenvalue weighted by atomic mass is 10.0. The average molecular weight is 1490 g/mol. The van der Waals surface area contributed by atoms with Gasteiger partial charge in [0.2, 0.25) is 0 Å². The maximum absolute atomic E-state index is 13.1. The van der Waals surface area contributed by atoms with E-state index in [2.05, 4.69) is 48.5 Å². The van der Waals surface area contributed by atoms with Gasteiger partial charge in [0.25, 0.3) is 0 Å². The molecule has 0 aliphatic carbocycles. The second-order valence-corrected chi connectivity index (χ2v) is 34.2. The van der Waals surface area contributed by atoms with E-state index in [1.54, 1.807) is 0 Å². The van der Waals surface area contributed by atoms with Crippen LogP contribution in [0.15, 0.2) is 0 Å². The zero-order valence-electron chi connectivity index (χ0n) is 67.1. The Morgan fingerprint density at radius 3 is 0.667 bits per heavy atom. The Bertz CT molecular complexity index is 1970. The number of esters is 4. The van der Waals surface area contributed by atoms with Crippen LogP contribution in [0.1, 0.15) is 434 Å². The van der Waals surface area contributed by atoms with Crippen LogP contribution >= 0.6 is 15.6 Å². The van der Waals surface area contributed by atoms with Crippen molar-refractivity contribution in [3.8, 4) is 0 Å². The summed E-state index contributed by atoms with van der Waals surface area (Å²) in [5.41, 5.74) is 0. The molecular formula is C83H162O17P2. The molecule has 0 aromatic carbocycles. The molecule has 102 heavy (non-hydrogen) atoms. The molecule has 0 rings (SSSR count). The SMILES string of the molecule is CCCCCCCC(=O)OC[C@H](COP(=O)(O)OC[C@H](O)COP(=O)(O)OC[C@@H](COC(=O)CCCCCCCCCCCCCCCCCC(C)C)OC(=O)CCCCCCCCCCCCCCCCCCCCC(C)C)OC(=O)CCCCCCCCCCCCCCCCCC(C)C. The summed E-state index contributed by atoms with van der Waals surface area (Å²) >= 11 is 0. The Balaban J connectivity index is 5.11. The lowest BCUT2D eigenvalue weighted by Gasteiger charge is -2.21. The number of carbonyl (C=O) groups is 4. The molecule has 0 aliphatic heterocycles.